The summed E-state index contributed by atoms with van der Waals surface area (Å²) in [4.78, 5) is 0. The van der Waals surface area contributed by atoms with Gasteiger partial charge in [0.1, 0.15) is 11.6 Å². The van der Waals surface area contributed by atoms with Crippen LogP contribution in [0.3, 0.4) is 0 Å². The van der Waals surface area contributed by atoms with Crippen LogP contribution in [0.25, 0.3) is 0 Å². The molecule has 1 saturated carbocycles. The monoisotopic (exact) mass is 311 g/mol. The van der Waals surface area contributed by atoms with E-state index >= 15 is 0 Å². The fourth-order valence-corrected chi connectivity index (χ4v) is 2.14. The van der Waals surface area contributed by atoms with Crippen molar-refractivity contribution in [3.63, 3.8) is 0 Å². The summed E-state index contributed by atoms with van der Waals surface area (Å²) in [6.07, 6.45) is 2.94. The number of nitrogens with two attached hydrogens (primary N) is 1. The summed E-state index contributed by atoms with van der Waals surface area (Å²) >= 11 is 3.04. The highest BCUT2D eigenvalue weighted by atomic mass is 79.9. The first-order valence-corrected chi connectivity index (χ1v) is 5.77. The SMILES string of the molecule is Cl.N[C@@H](CC1CC1)c1c(F)cc(Br)cc1F. The van der Waals surface area contributed by atoms with Crippen molar-refractivity contribution in [1.29, 1.82) is 0 Å². The Morgan fingerprint density at radius 2 is 1.81 bits per heavy atom. The van der Waals surface area contributed by atoms with Gasteiger partial charge in [-0.05, 0) is 24.5 Å². The van der Waals surface area contributed by atoms with Crippen LogP contribution < -0.4 is 5.73 Å². The van der Waals surface area contributed by atoms with Crippen LogP contribution in [0.5, 0.6) is 0 Å². The Bertz CT molecular complexity index is 359. The first-order valence-electron chi connectivity index (χ1n) is 4.98. The molecule has 0 aliphatic heterocycles. The maximum atomic E-state index is 13.5. The van der Waals surface area contributed by atoms with Crippen molar-refractivity contribution in [3.8, 4) is 0 Å². The lowest BCUT2D eigenvalue weighted by Gasteiger charge is -2.13. The maximum Gasteiger partial charge on any atom is 0.132 e. The van der Waals surface area contributed by atoms with Gasteiger partial charge in [-0.3, -0.25) is 0 Å². The third-order valence-electron chi connectivity index (χ3n) is 2.70. The molecular formula is C11H13BrClF2N. The van der Waals surface area contributed by atoms with Crippen LogP contribution in [0.4, 0.5) is 8.78 Å². The van der Waals surface area contributed by atoms with Crippen molar-refractivity contribution in [1.82, 2.24) is 0 Å². The second-order valence-corrected chi connectivity index (χ2v) is 4.98. The molecule has 1 nitrogen and oxygen atoms in total. The summed E-state index contributed by atoms with van der Waals surface area (Å²) in [6.45, 7) is 0. The minimum absolute atomic E-state index is 0. The lowest BCUT2D eigenvalue weighted by Crippen LogP contribution is -2.15. The summed E-state index contributed by atoms with van der Waals surface area (Å²) in [6, 6.07) is 1.99. The van der Waals surface area contributed by atoms with E-state index in [1.165, 1.54) is 12.1 Å². The molecule has 0 unspecified atom stereocenters. The molecule has 1 aliphatic rings. The molecule has 90 valence electrons. The standard InChI is InChI=1S/C11H12BrF2N.ClH/c12-7-4-8(13)11(9(14)5-7)10(15)3-6-1-2-6;/h4-6,10H,1-3,15H2;1H/t10-;/m0./s1. The molecule has 1 fully saturated rings. The zero-order chi connectivity index (χ0) is 11.0. The van der Waals surface area contributed by atoms with Gasteiger partial charge in [0.2, 0.25) is 0 Å². The van der Waals surface area contributed by atoms with Crippen molar-refractivity contribution in [2.75, 3.05) is 0 Å². The molecule has 2 N–H and O–H groups in total. The van der Waals surface area contributed by atoms with E-state index in [0.29, 0.717) is 16.8 Å². The average molecular weight is 313 g/mol. The third kappa shape index (κ3) is 3.15. The van der Waals surface area contributed by atoms with Crippen LogP contribution in [-0.2, 0) is 0 Å². The van der Waals surface area contributed by atoms with E-state index in [2.05, 4.69) is 15.9 Å². The van der Waals surface area contributed by atoms with Gasteiger partial charge in [0.15, 0.2) is 0 Å². The first kappa shape index (κ1) is 13.9. The molecule has 5 heteroatoms. The number of hydrogen-bond acceptors (Lipinski definition) is 1. The van der Waals surface area contributed by atoms with Gasteiger partial charge < -0.3 is 5.73 Å². The molecule has 1 aromatic carbocycles. The summed E-state index contributed by atoms with van der Waals surface area (Å²) in [7, 11) is 0. The van der Waals surface area contributed by atoms with Crippen molar-refractivity contribution in [2.45, 2.75) is 25.3 Å². The molecule has 1 aromatic rings. The van der Waals surface area contributed by atoms with Gasteiger partial charge in [-0.2, -0.15) is 0 Å². The predicted octanol–water partition coefficient (Wildman–Crippen LogP) is 3.95. The Morgan fingerprint density at radius 1 is 1.31 bits per heavy atom. The van der Waals surface area contributed by atoms with Gasteiger partial charge >= 0.3 is 0 Å². The maximum absolute atomic E-state index is 13.5. The van der Waals surface area contributed by atoms with E-state index in [9.17, 15) is 8.78 Å². The van der Waals surface area contributed by atoms with E-state index < -0.39 is 17.7 Å². The second-order valence-electron chi connectivity index (χ2n) is 4.07. The average Bonchev–Trinajstić information content (AvgIpc) is 2.85. The van der Waals surface area contributed by atoms with Gasteiger partial charge in [0.05, 0.1) is 0 Å². The molecule has 0 heterocycles. The topological polar surface area (TPSA) is 26.0 Å². The number of rotatable bonds is 3. The molecule has 0 bridgehead atoms. The summed E-state index contributed by atoms with van der Waals surface area (Å²) in [5.74, 6) is -0.563. The van der Waals surface area contributed by atoms with Crippen LogP contribution in [0.15, 0.2) is 16.6 Å². The normalized spacial score (nSPS) is 16.8. The summed E-state index contributed by atoms with van der Waals surface area (Å²) in [5, 5.41) is 0. The quantitative estimate of drug-likeness (QED) is 0.898. The van der Waals surface area contributed by atoms with Gasteiger partial charge in [-0.15, -0.1) is 12.4 Å². The Labute approximate surface area is 108 Å². The van der Waals surface area contributed by atoms with Crippen molar-refractivity contribution in [2.24, 2.45) is 11.7 Å². The summed E-state index contributed by atoms with van der Waals surface area (Å²) < 4.78 is 27.4. The highest BCUT2D eigenvalue weighted by Gasteiger charge is 2.27. The Kier molecular flexibility index (Phi) is 4.71. The van der Waals surface area contributed by atoms with Crippen LogP contribution >= 0.6 is 28.3 Å². The molecular weight excluding hydrogens is 299 g/mol. The number of hydrogen-bond donors (Lipinski definition) is 1. The van der Waals surface area contributed by atoms with Crippen LogP contribution in [-0.4, -0.2) is 0 Å². The second kappa shape index (κ2) is 5.43. The zero-order valence-electron chi connectivity index (χ0n) is 8.55. The third-order valence-corrected chi connectivity index (χ3v) is 3.16. The van der Waals surface area contributed by atoms with Crippen molar-refractivity contribution >= 4 is 28.3 Å². The summed E-state index contributed by atoms with van der Waals surface area (Å²) in [5.41, 5.74) is 5.81. The van der Waals surface area contributed by atoms with Crippen molar-refractivity contribution in [3.05, 3.63) is 33.8 Å². The van der Waals surface area contributed by atoms with Crippen LogP contribution in [0.1, 0.15) is 30.9 Å². The fourth-order valence-electron chi connectivity index (χ4n) is 1.74. The lowest BCUT2D eigenvalue weighted by atomic mass is 10.0. The Hall–Kier alpha value is -0.190. The molecule has 1 atom stereocenters. The van der Waals surface area contributed by atoms with E-state index in [4.69, 9.17) is 5.73 Å². The van der Waals surface area contributed by atoms with Gasteiger partial charge in [-0.1, -0.05) is 28.8 Å². The molecule has 0 amide bonds. The molecule has 0 radical (unpaired) electrons. The zero-order valence-corrected chi connectivity index (χ0v) is 11.0. The smallest absolute Gasteiger partial charge is 0.132 e. The van der Waals surface area contributed by atoms with E-state index in [-0.39, 0.29) is 18.0 Å². The Morgan fingerprint density at radius 3 is 2.25 bits per heavy atom. The first-order chi connectivity index (χ1) is 7.08. The molecule has 0 aromatic heterocycles. The van der Waals surface area contributed by atoms with E-state index in [1.807, 2.05) is 0 Å². The molecule has 16 heavy (non-hydrogen) atoms. The molecule has 1 aliphatic carbocycles. The predicted molar refractivity (Wildman–Crippen MR) is 65.6 cm³/mol. The largest absolute Gasteiger partial charge is 0.324 e. The minimum Gasteiger partial charge on any atom is -0.324 e. The molecule has 0 spiro atoms. The van der Waals surface area contributed by atoms with Crippen LogP contribution in [0, 0.1) is 17.6 Å². The van der Waals surface area contributed by atoms with Crippen molar-refractivity contribution < 1.29 is 8.78 Å². The van der Waals surface area contributed by atoms with Gasteiger partial charge in [-0.25, -0.2) is 8.78 Å². The number of benzene rings is 1. The Balaban J connectivity index is 0.00000128. The minimum atomic E-state index is -0.560. The molecule has 2 rings (SSSR count). The fraction of sp³-hybridized carbons (Fsp3) is 0.455. The lowest BCUT2D eigenvalue weighted by molar-refractivity contribution is 0.497. The highest BCUT2D eigenvalue weighted by molar-refractivity contribution is 9.10. The van der Waals surface area contributed by atoms with E-state index in [0.717, 1.165) is 12.8 Å². The van der Waals surface area contributed by atoms with Crippen LogP contribution in [0.2, 0.25) is 0 Å². The highest BCUT2D eigenvalue weighted by Crippen LogP contribution is 2.38. The van der Waals surface area contributed by atoms with E-state index in [1.54, 1.807) is 0 Å². The van der Waals surface area contributed by atoms with Gasteiger partial charge in [0.25, 0.3) is 0 Å². The molecule has 0 saturated heterocycles. The van der Waals surface area contributed by atoms with Gasteiger partial charge in [0, 0.05) is 16.1 Å². The number of halogens is 4.